The molecule has 0 bridgehead atoms. The Morgan fingerprint density at radius 2 is 1.89 bits per heavy atom. The van der Waals surface area contributed by atoms with Gasteiger partial charge in [-0.2, -0.15) is 5.10 Å². The summed E-state index contributed by atoms with van der Waals surface area (Å²) in [5, 5.41) is 18.5. The molecule has 2 atom stereocenters. The third kappa shape index (κ3) is 3.79. The Morgan fingerprint density at radius 1 is 1.06 bits per heavy atom. The molecular formula is C26H25F2N3O4. The minimum atomic E-state index is -0.948. The zero-order valence-corrected chi connectivity index (χ0v) is 19.0. The van der Waals surface area contributed by atoms with E-state index in [0.29, 0.717) is 31.7 Å². The highest BCUT2D eigenvalue weighted by Crippen LogP contribution is 2.45. The molecule has 35 heavy (non-hydrogen) atoms. The molecule has 182 valence electrons. The largest absolute Gasteiger partial charge is 0.479 e. The number of rotatable bonds is 4. The number of fused-ring (bicyclic) bond motifs is 2. The van der Waals surface area contributed by atoms with Crippen LogP contribution in [-0.4, -0.2) is 51.8 Å². The van der Waals surface area contributed by atoms with Gasteiger partial charge in [-0.05, 0) is 55.5 Å². The van der Waals surface area contributed by atoms with Crippen LogP contribution in [0.3, 0.4) is 0 Å². The second kappa shape index (κ2) is 8.73. The molecule has 0 radical (unpaired) electrons. The average molecular weight is 481 g/mol. The van der Waals surface area contributed by atoms with Crippen LogP contribution < -0.4 is 0 Å². The molecule has 0 spiro atoms. The van der Waals surface area contributed by atoms with E-state index >= 15 is 0 Å². The lowest BCUT2D eigenvalue weighted by Crippen LogP contribution is -2.31. The highest BCUT2D eigenvalue weighted by molar-refractivity contribution is 5.99. The SMILES string of the molecule is O=C(O)C1CC[C@H](c2c(C3CCOCC3)n(-c3ccc(F)c(F)c3)c3cc4cn[nH]c4cc23)CO1. The molecule has 2 aromatic carbocycles. The molecule has 4 aromatic rings. The van der Waals surface area contributed by atoms with Gasteiger partial charge < -0.3 is 19.1 Å². The predicted octanol–water partition coefficient (Wildman–Crippen LogP) is 5.03. The molecular weight excluding hydrogens is 456 g/mol. The second-order valence-corrected chi connectivity index (χ2v) is 9.38. The van der Waals surface area contributed by atoms with E-state index in [1.54, 1.807) is 12.3 Å². The maximum Gasteiger partial charge on any atom is 0.332 e. The molecule has 1 unspecified atom stereocenters. The quantitative estimate of drug-likeness (QED) is 0.427. The van der Waals surface area contributed by atoms with E-state index < -0.39 is 23.7 Å². The standard InChI is InChI=1S/C26H25F2N3O4/c27-19-3-2-17(10-20(19)28)31-22-9-16-12-29-30-21(16)11-18(22)24(25(31)14-5-7-34-8-6-14)15-1-4-23(26(32)33)35-13-15/h2-3,9-12,14-15,23H,1,4-8,13H2,(H,29,30)(H,32,33)/t15-,23?/m0/s1. The highest BCUT2D eigenvalue weighted by Gasteiger charge is 2.35. The fourth-order valence-electron chi connectivity index (χ4n) is 5.65. The summed E-state index contributed by atoms with van der Waals surface area (Å²) < 4.78 is 41.7. The van der Waals surface area contributed by atoms with Crippen LogP contribution in [0.2, 0.25) is 0 Å². The molecule has 2 fully saturated rings. The average Bonchev–Trinajstić information content (AvgIpc) is 3.46. The topological polar surface area (TPSA) is 89.4 Å². The Morgan fingerprint density at radius 3 is 2.60 bits per heavy atom. The Balaban J connectivity index is 1.62. The molecule has 7 nitrogen and oxygen atoms in total. The number of aromatic amines is 1. The van der Waals surface area contributed by atoms with Crippen molar-refractivity contribution in [3.63, 3.8) is 0 Å². The highest BCUT2D eigenvalue weighted by atomic mass is 19.2. The zero-order valence-electron chi connectivity index (χ0n) is 19.0. The second-order valence-electron chi connectivity index (χ2n) is 9.38. The number of aromatic nitrogens is 3. The van der Waals surface area contributed by atoms with Gasteiger partial charge in [0.15, 0.2) is 17.7 Å². The molecule has 4 heterocycles. The fraction of sp³-hybridized carbons (Fsp3) is 0.385. The summed E-state index contributed by atoms with van der Waals surface area (Å²) in [6.07, 6.45) is 3.61. The normalized spacial score (nSPS) is 21.7. The Labute approximate surface area is 199 Å². The van der Waals surface area contributed by atoms with Crippen LogP contribution >= 0.6 is 0 Å². The van der Waals surface area contributed by atoms with Crippen molar-refractivity contribution in [2.75, 3.05) is 19.8 Å². The van der Waals surface area contributed by atoms with Crippen LogP contribution in [0.4, 0.5) is 8.78 Å². The monoisotopic (exact) mass is 481 g/mol. The minimum Gasteiger partial charge on any atom is -0.479 e. The Bertz CT molecular complexity index is 1420. The van der Waals surface area contributed by atoms with E-state index in [2.05, 4.69) is 16.3 Å². The number of H-pyrrole nitrogens is 1. The fourth-order valence-corrected chi connectivity index (χ4v) is 5.65. The summed E-state index contributed by atoms with van der Waals surface area (Å²) in [6, 6.07) is 8.06. The summed E-state index contributed by atoms with van der Waals surface area (Å²) in [7, 11) is 0. The third-order valence-electron chi connectivity index (χ3n) is 7.33. The molecule has 2 saturated heterocycles. The van der Waals surface area contributed by atoms with Gasteiger partial charge in [-0.15, -0.1) is 0 Å². The number of hydrogen-bond acceptors (Lipinski definition) is 4. The first-order chi connectivity index (χ1) is 17.0. The van der Waals surface area contributed by atoms with Gasteiger partial charge in [0.05, 0.1) is 23.8 Å². The summed E-state index contributed by atoms with van der Waals surface area (Å²) in [5.74, 6) is -2.63. The van der Waals surface area contributed by atoms with Gasteiger partial charge in [0, 0.05) is 53.3 Å². The van der Waals surface area contributed by atoms with Gasteiger partial charge >= 0.3 is 5.97 Å². The molecule has 2 N–H and O–H groups in total. The number of ether oxygens (including phenoxy) is 2. The Hall–Kier alpha value is -3.30. The first-order valence-electron chi connectivity index (χ1n) is 11.9. The van der Waals surface area contributed by atoms with Gasteiger partial charge in [-0.1, -0.05) is 0 Å². The molecule has 0 saturated carbocycles. The van der Waals surface area contributed by atoms with Gasteiger partial charge in [0.25, 0.3) is 0 Å². The number of aliphatic carboxylic acids is 1. The van der Waals surface area contributed by atoms with Crippen LogP contribution in [-0.2, 0) is 14.3 Å². The maximum atomic E-state index is 14.4. The number of carbonyl (C=O) groups is 1. The number of benzene rings is 2. The number of nitrogens with one attached hydrogen (secondary N) is 1. The zero-order chi connectivity index (χ0) is 24.1. The van der Waals surface area contributed by atoms with E-state index in [1.165, 1.54) is 6.07 Å². The van der Waals surface area contributed by atoms with E-state index in [0.717, 1.165) is 52.0 Å². The molecule has 2 aliphatic rings. The Kier molecular flexibility index (Phi) is 5.53. The molecule has 9 heteroatoms. The number of carboxylic acid groups (broad SMARTS) is 1. The number of nitrogens with zero attached hydrogens (tertiary/aromatic N) is 2. The van der Waals surface area contributed by atoms with Crippen LogP contribution in [0.1, 0.15) is 48.8 Å². The lowest BCUT2D eigenvalue weighted by Gasteiger charge is -2.31. The molecule has 2 aromatic heterocycles. The molecule has 2 aliphatic heterocycles. The minimum absolute atomic E-state index is 0.0298. The predicted molar refractivity (Wildman–Crippen MR) is 125 cm³/mol. The first kappa shape index (κ1) is 22.2. The van der Waals surface area contributed by atoms with Crippen molar-refractivity contribution < 1.29 is 28.2 Å². The van der Waals surface area contributed by atoms with Crippen LogP contribution in [0.5, 0.6) is 0 Å². The first-order valence-corrected chi connectivity index (χ1v) is 11.9. The van der Waals surface area contributed by atoms with Crippen LogP contribution in [0, 0.1) is 11.6 Å². The molecule has 6 rings (SSSR count). The van der Waals surface area contributed by atoms with Crippen molar-refractivity contribution in [2.24, 2.45) is 0 Å². The summed E-state index contributed by atoms with van der Waals surface area (Å²) in [4.78, 5) is 11.5. The van der Waals surface area contributed by atoms with Crippen molar-refractivity contribution in [3.05, 3.63) is 59.4 Å². The van der Waals surface area contributed by atoms with Gasteiger partial charge in [0.1, 0.15) is 0 Å². The summed E-state index contributed by atoms with van der Waals surface area (Å²) in [6.45, 7) is 1.53. The number of hydrogen-bond donors (Lipinski definition) is 2. The van der Waals surface area contributed by atoms with E-state index in [1.807, 2.05) is 10.6 Å². The summed E-state index contributed by atoms with van der Waals surface area (Å²) in [5.41, 5.74) is 4.42. The van der Waals surface area contributed by atoms with Crippen molar-refractivity contribution in [2.45, 2.75) is 43.6 Å². The number of carboxylic acids is 1. The summed E-state index contributed by atoms with van der Waals surface area (Å²) >= 11 is 0. The van der Waals surface area contributed by atoms with Gasteiger partial charge in [-0.3, -0.25) is 5.10 Å². The van der Waals surface area contributed by atoms with Crippen molar-refractivity contribution >= 4 is 27.8 Å². The van der Waals surface area contributed by atoms with E-state index in [-0.39, 0.29) is 18.4 Å². The van der Waals surface area contributed by atoms with Crippen LogP contribution in [0.15, 0.2) is 36.5 Å². The number of halogens is 2. The van der Waals surface area contributed by atoms with Gasteiger partial charge in [-0.25, -0.2) is 13.6 Å². The smallest absolute Gasteiger partial charge is 0.332 e. The van der Waals surface area contributed by atoms with E-state index in [4.69, 9.17) is 9.47 Å². The lowest BCUT2D eigenvalue weighted by atomic mass is 9.84. The lowest BCUT2D eigenvalue weighted by molar-refractivity contribution is -0.153. The third-order valence-corrected chi connectivity index (χ3v) is 7.33. The van der Waals surface area contributed by atoms with Crippen molar-refractivity contribution in [3.8, 4) is 5.69 Å². The van der Waals surface area contributed by atoms with E-state index in [9.17, 15) is 18.7 Å². The van der Waals surface area contributed by atoms with Gasteiger partial charge in [0.2, 0.25) is 0 Å². The maximum absolute atomic E-state index is 14.4. The van der Waals surface area contributed by atoms with Crippen molar-refractivity contribution in [1.29, 1.82) is 0 Å². The molecule has 0 aliphatic carbocycles. The van der Waals surface area contributed by atoms with Crippen molar-refractivity contribution in [1.82, 2.24) is 14.8 Å². The van der Waals surface area contributed by atoms with Crippen LogP contribution in [0.25, 0.3) is 27.5 Å². The molecule has 0 amide bonds.